The molecular formula is C25H18Cl3NO6S2. The third kappa shape index (κ3) is 6.08. The molecule has 0 aromatic heterocycles. The lowest BCUT2D eigenvalue weighted by molar-refractivity contribution is -0.123. The fraction of sp³-hybridized carbons (Fsp3) is 0.120. The van der Waals surface area contributed by atoms with Gasteiger partial charge in [0, 0.05) is 10.0 Å². The molecule has 4 rings (SSSR count). The van der Waals surface area contributed by atoms with Crippen LogP contribution in [-0.4, -0.2) is 31.6 Å². The van der Waals surface area contributed by atoms with E-state index in [9.17, 15) is 18.0 Å². The lowest BCUT2D eigenvalue weighted by atomic mass is 10.1. The molecule has 1 aliphatic rings. The molecule has 7 nitrogen and oxygen atoms in total. The molecule has 0 saturated carbocycles. The van der Waals surface area contributed by atoms with Crippen molar-refractivity contribution in [2.75, 3.05) is 7.11 Å². The number of nitrogens with zero attached hydrogens (tertiary/aromatic N) is 1. The normalized spacial score (nSPS) is 14.9. The summed E-state index contributed by atoms with van der Waals surface area (Å²) in [6.45, 7) is 1.81. The molecule has 1 fully saturated rings. The van der Waals surface area contributed by atoms with Crippen LogP contribution in [0.2, 0.25) is 15.1 Å². The third-order valence-electron chi connectivity index (χ3n) is 5.27. The number of benzene rings is 3. The molecule has 2 amide bonds. The summed E-state index contributed by atoms with van der Waals surface area (Å²) in [6.07, 6.45) is 1.46. The number of ether oxygens (including phenoxy) is 1. The van der Waals surface area contributed by atoms with Gasteiger partial charge in [0.05, 0.1) is 23.6 Å². The molecule has 12 heteroatoms. The Morgan fingerprint density at radius 2 is 1.68 bits per heavy atom. The monoisotopic (exact) mass is 597 g/mol. The number of thioether (sulfide) groups is 1. The number of aryl methyl sites for hydroxylation is 1. The highest BCUT2D eigenvalue weighted by molar-refractivity contribution is 8.18. The van der Waals surface area contributed by atoms with Gasteiger partial charge in [-0.25, -0.2) is 0 Å². The maximum atomic E-state index is 13.0. The van der Waals surface area contributed by atoms with Gasteiger partial charge in [0.25, 0.3) is 11.1 Å². The van der Waals surface area contributed by atoms with Crippen LogP contribution in [0.3, 0.4) is 0 Å². The van der Waals surface area contributed by atoms with Gasteiger partial charge in [-0.1, -0.05) is 58.6 Å². The van der Waals surface area contributed by atoms with Gasteiger partial charge in [-0.05, 0) is 72.3 Å². The average Bonchev–Trinajstić information content (AvgIpc) is 3.09. The molecule has 0 N–H and O–H groups in total. The van der Waals surface area contributed by atoms with Gasteiger partial charge in [0.1, 0.15) is 4.90 Å². The highest BCUT2D eigenvalue weighted by Crippen LogP contribution is 2.40. The molecule has 1 aliphatic heterocycles. The summed E-state index contributed by atoms with van der Waals surface area (Å²) in [5.74, 6) is -0.688. The van der Waals surface area contributed by atoms with Crippen LogP contribution in [-0.2, 0) is 21.5 Å². The minimum atomic E-state index is -4.19. The zero-order chi connectivity index (χ0) is 26.9. The first-order valence-corrected chi connectivity index (χ1v) is 13.9. The second-order valence-electron chi connectivity index (χ2n) is 7.89. The lowest BCUT2D eigenvalue weighted by Gasteiger charge is -2.14. The van der Waals surface area contributed by atoms with Gasteiger partial charge in [-0.15, -0.1) is 0 Å². The highest BCUT2D eigenvalue weighted by Gasteiger charge is 2.35. The fourth-order valence-electron chi connectivity index (χ4n) is 3.37. The van der Waals surface area contributed by atoms with Crippen molar-refractivity contribution in [3.05, 3.63) is 91.3 Å². The van der Waals surface area contributed by atoms with E-state index in [1.165, 1.54) is 43.5 Å². The van der Waals surface area contributed by atoms with E-state index < -0.39 is 21.3 Å². The molecule has 192 valence electrons. The van der Waals surface area contributed by atoms with Crippen LogP contribution in [0.1, 0.15) is 16.7 Å². The molecule has 1 heterocycles. The van der Waals surface area contributed by atoms with Crippen LogP contribution in [0, 0.1) is 6.92 Å². The Morgan fingerprint density at radius 1 is 0.973 bits per heavy atom. The number of amides is 2. The minimum Gasteiger partial charge on any atom is -0.493 e. The first kappa shape index (κ1) is 27.3. The maximum absolute atomic E-state index is 13.0. The van der Waals surface area contributed by atoms with Crippen LogP contribution >= 0.6 is 46.6 Å². The molecule has 37 heavy (non-hydrogen) atoms. The van der Waals surface area contributed by atoms with E-state index in [0.717, 1.165) is 22.2 Å². The Morgan fingerprint density at radius 3 is 2.32 bits per heavy atom. The number of methoxy groups -OCH3 is 1. The Balaban J connectivity index is 1.60. The quantitative estimate of drug-likeness (QED) is 0.214. The van der Waals surface area contributed by atoms with Gasteiger partial charge in [0.2, 0.25) is 5.75 Å². The van der Waals surface area contributed by atoms with Gasteiger partial charge in [-0.3, -0.25) is 14.5 Å². The molecule has 3 aromatic rings. The summed E-state index contributed by atoms with van der Waals surface area (Å²) >= 11 is 19.2. The number of carbonyl (C=O) groups is 2. The highest BCUT2D eigenvalue weighted by atomic mass is 35.5. The summed E-state index contributed by atoms with van der Waals surface area (Å²) < 4.78 is 36.1. The Labute approximate surface area is 233 Å². The minimum absolute atomic E-state index is 0.0221. The molecule has 0 spiro atoms. The van der Waals surface area contributed by atoms with Crippen molar-refractivity contribution in [1.82, 2.24) is 4.90 Å². The Bertz CT molecular complexity index is 1540. The SMILES string of the molecule is COc1cc(/C=C2\SC(=O)N(Cc3ccc(Cl)cc3Cl)C2=O)cc(Cl)c1OS(=O)(=O)c1ccc(C)cc1. The van der Waals surface area contributed by atoms with Crippen molar-refractivity contribution < 1.29 is 26.9 Å². The van der Waals surface area contributed by atoms with Crippen LogP contribution in [0.15, 0.2) is 64.4 Å². The van der Waals surface area contributed by atoms with Crippen LogP contribution in [0.5, 0.6) is 11.5 Å². The molecule has 3 aromatic carbocycles. The standard InChI is InChI=1S/C25H18Cl3NO6S2/c1-14-3-7-18(8-4-14)37(32,33)35-23-20(28)9-15(10-21(23)34-2)11-22-24(30)29(25(31)36-22)13-16-5-6-17(26)12-19(16)27/h3-12H,13H2,1-2H3/b22-11-. The largest absolute Gasteiger partial charge is 0.493 e. The van der Waals surface area contributed by atoms with E-state index in [-0.39, 0.29) is 32.9 Å². The van der Waals surface area contributed by atoms with Crippen LogP contribution in [0.4, 0.5) is 4.79 Å². The van der Waals surface area contributed by atoms with Gasteiger partial charge < -0.3 is 8.92 Å². The molecule has 0 atom stereocenters. The van der Waals surface area contributed by atoms with Crippen molar-refractivity contribution in [2.24, 2.45) is 0 Å². The van der Waals surface area contributed by atoms with Crippen LogP contribution < -0.4 is 8.92 Å². The summed E-state index contributed by atoms with van der Waals surface area (Å²) in [5.41, 5.74) is 1.85. The van der Waals surface area contributed by atoms with Gasteiger partial charge >= 0.3 is 10.1 Å². The Hall–Kier alpha value is -2.69. The number of carbonyl (C=O) groups excluding carboxylic acids is 2. The number of imide groups is 1. The Kier molecular flexibility index (Phi) is 8.11. The maximum Gasteiger partial charge on any atom is 0.339 e. The predicted molar refractivity (Wildman–Crippen MR) is 145 cm³/mol. The number of hydrogen-bond acceptors (Lipinski definition) is 7. The third-order valence-corrected chi connectivity index (χ3v) is 8.28. The molecule has 0 aliphatic carbocycles. The topological polar surface area (TPSA) is 90.0 Å². The number of halogens is 3. The van der Waals surface area contributed by atoms with E-state index in [1.807, 2.05) is 6.92 Å². The smallest absolute Gasteiger partial charge is 0.339 e. The predicted octanol–water partition coefficient (Wildman–Crippen LogP) is 6.97. The van der Waals surface area contributed by atoms with Crippen molar-refractivity contribution in [3.63, 3.8) is 0 Å². The summed E-state index contributed by atoms with van der Waals surface area (Å²) in [7, 11) is -2.86. The van der Waals surface area contributed by atoms with E-state index in [4.69, 9.17) is 43.7 Å². The second kappa shape index (κ2) is 11.0. The molecule has 0 bridgehead atoms. The van der Waals surface area contributed by atoms with Crippen LogP contribution in [0.25, 0.3) is 6.08 Å². The molecule has 0 radical (unpaired) electrons. The zero-order valence-corrected chi connectivity index (χ0v) is 23.2. The number of rotatable bonds is 7. The fourth-order valence-corrected chi connectivity index (χ4v) is 5.94. The first-order chi connectivity index (χ1) is 17.5. The lowest BCUT2D eigenvalue weighted by Crippen LogP contribution is -2.27. The van der Waals surface area contributed by atoms with Gasteiger partial charge in [-0.2, -0.15) is 8.42 Å². The van der Waals surface area contributed by atoms with E-state index in [0.29, 0.717) is 21.2 Å². The second-order valence-corrected chi connectivity index (χ2v) is 11.7. The van der Waals surface area contributed by atoms with E-state index in [2.05, 4.69) is 0 Å². The van der Waals surface area contributed by atoms with Crippen molar-refractivity contribution in [1.29, 1.82) is 0 Å². The first-order valence-electron chi connectivity index (χ1n) is 10.6. The van der Waals surface area contributed by atoms with Crippen molar-refractivity contribution >= 4 is 73.9 Å². The molecular weight excluding hydrogens is 581 g/mol. The number of hydrogen-bond donors (Lipinski definition) is 0. The average molecular weight is 599 g/mol. The van der Waals surface area contributed by atoms with E-state index in [1.54, 1.807) is 24.3 Å². The summed E-state index contributed by atoms with van der Waals surface area (Å²) in [6, 6.07) is 13.8. The zero-order valence-electron chi connectivity index (χ0n) is 19.3. The summed E-state index contributed by atoms with van der Waals surface area (Å²) in [4.78, 5) is 26.7. The summed E-state index contributed by atoms with van der Waals surface area (Å²) in [5, 5.41) is 0.244. The van der Waals surface area contributed by atoms with E-state index >= 15 is 0 Å². The van der Waals surface area contributed by atoms with Gasteiger partial charge in [0.15, 0.2) is 5.75 Å². The molecule has 0 unspecified atom stereocenters. The van der Waals surface area contributed by atoms with Crippen molar-refractivity contribution in [2.45, 2.75) is 18.4 Å². The molecule has 1 saturated heterocycles. The van der Waals surface area contributed by atoms with Crippen molar-refractivity contribution in [3.8, 4) is 11.5 Å².